The van der Waals surface area contributed by atoms with E-state index in [0.717, 1.165) is 25.3 Å². The molecule has 1 saturated heterocycles. The number of piperazine rings is 1. The first-order chi connectivity index (χ1) is 8.63. The molecule has 3 N–H and O–H groups in total. The second-order valence-electron chi connectivity index (χ2n) is 4.51. The van der Waals surface area contributed by atoms with Gasteiger partial charge < -0.3 is 20.7 Å². The van der Waals surface area contributed by atoms with Gasteiger partial charge >= 0.3 is 5.97 Å². The van der Waals surface area contributed by atoms with E-state index in [1.54, 1.807) is 12.1 Å². The number of esters is 1. The van der Waals surface area contributed by atoms with Gasteiger partial charge in [-0.15, -0.1) is 0 Å². The third-order valence-corrected chi connectivity index (χ3v) is 3.26. The number of carbonyl (C=O) groups is 1. The highest BCUT2D eigenvalue weighted by molar-refractivity contribution is 5.92. The first-order valence-corrected chi connectivity index (χ1v) is 6.08. The minimum absolute atomic E-state index is 0.360. The molecule has 1 fully saturated rings. The Hall–Kier alpha value is -1.75. The quantitative estimate of drug-likeness (QED) is 0.601. The van der Waals surface area contributed by atoms with E-state index in [1.807, 2.05) is 6.07 Å². The zero-order chi connectivity index (χ0) is 13.1. The summed E-state index contributed by atoms with van der Waals surface area (Å²) in [7, 11) is 1.37. The van der Waals surface area contributed by atoms with Crippen LogP contribution < -0.4 is 16.0 Å². The summed E-state index contributed by atoms with van der Waals surface area (Å²) in [5, 5.41) is 3.34. The standard InChI is InChI=1S/C13H19N3O2/c1-9-8-15-5-6-16(9)12-4-3-10(7-11(12)14)13(17)18-2/h3-4,7,9,15H,5-6,8,14H2,1-2H3/t9-/m1/s1. The maximum absolute atomic E-state index is 11.4. The van der Waals surface area contributed by atoms with Crippen LogP contribution >= 0.6 is 0 Å². The lowest BCUT2D eigenvalue weighted by atomic mass is 10.1. The fraction of sp³-hybridized carbons (Fsp3) is 0.462. The Bertz CT molecular complexity index is 448. The molecule has 0 radical (unpaired) electrons. The highest BCUT2D eigenvalue weighted by Gasteiger charge is 2.20. The minimum atomic E-state index is -0.360. The lowest BCUT2D eigenvalue weighted by Crippen LogP contribution is -2.50. The average molecular weight is 249 g/mol. The topological polar surface area (TPSA) is 67.6 Å². The third-order valence-electron chi connectivity index (χ3n) is 3.26. The third kappa shape index (κ3) is 2.41. The Morgan fingerprint density at radius 1 is 1.56 bits per heavy atom. The van der Waals surface area contributed by atoms with Crippen LogP contribution in [0.1, 0.15) is 17.3 Å². The highest BCUT2D eigenvalue weighted by Crippen LogP contribution is 2.27. The number of hydrogen-bond donors (Lipinski definition) is 2. The van der Waals surface area contributed by atoms with Crippen molar-refractivity contribution in [3.63, 3.8) is 0 Å². The van der Waals surface area contributed by atoms with Crippen LogP contribution in [0.15, 0.2) is 18.2 Å². The molecule has 5 nitrogen and oxygen atoms in total. The number of benzene rings is 1. The van der Waals surface area contributed by atoms with Crippen LogP contribution in [0.3, 0.4) is 0 Å². The molecule has 1 heterocycles. The maximum Gasteiger partial charge on any atom is 0.337 e. The number of nitrogen functional groups attached to an aromatic ring is 1. The van der Waals surface area contributed by atoms with Gasteiger partial charge in [-0.2, -0.15) is 0 Å². The largest absolute Gasteiger partial charge is 0.465 e. The average Bonchev–Trinajstić information content (AvgIpc) is 2.39. The molecule has 1 aromatic rings. The summed E-state index contributed by atoms with van der Waals surface area (Å²) in [6.45, 7) is 4.96. The van der Waals surface area contributed by atoms with Gasteiger partial charge in [-0.3, -0.25) is 0 Å². The summed E-state index contributed by atoms with van der Waals surface area (Å²) < 4.78 is 4.68. The normalized spacial score (nSPS) is 19.7. The molecule has 0 amide bonds. The number of hydrogen-bond acceptors (Lipinski definition) is 5. The molecule has 5 heteroatoms. The Balaban J connectivity index is 2.26. The molecular weight excluding hydrogens is 230 g/mol. The highest BCUT2D eigenvalue weighted by atomic mass is 16.5. The Labute approximate surface area is 107 Å². The summed E-state index contributed by atoms with van der Waals surface area (Å²) in [5.41, 5.74) is 8.12. The molecule has 0 aromatic heterocycles. The minimum Gasteiger partial charge on any atom is -0.465 e. The summed E-state index contributed by atoms with van der Waals surface area (Å²) in [6, 6.07) is 5.72. The number of carbonyl (C=O) groups excluding carboxylic acids is 1. The molecule has 1 atom stereocenters. The van der Waals surface area contributed by atoms with Gasteiger partial charge in [0.05, 0.1) is 24.0 Å². The zero-order valence-corrected chi connectivity index (χ0v) is 10.8. The lowest BCUT2D eigenvalue weighted by Gasteiger charge is -2.36. The van der Waals surface area contributed by atoms with Gasteiger partial charge in [0.25, 0.3) is 0 Å². The van der Waals surface area contributed by atoms with Gasteiger partial charge in [0, 0.05) is 25.7 Å². The van der Waals surface area contributed by atoms with Crippen LogP contribution in [0.2, 0.25) is 0 Å². The van der Waals surface area contributed by atoms with E-state index in [9.17, 15) is 4.79 Å². The SMILES string of the molecule is COC(=O)c1ccc(N2CCNC[C@H]2C)c(N)c1. The molecule has 0 bridgehead atoms. The second-order valence-corrected chi connectivity index (χ2v) is 4.51. The van der Waals surface area contributed by atoms with Gasteiger partial charge in [0.1, 0.15) is 0 Å². The van der Waals surface area contributed by atoms with E-state index in [0.29, 0.717) is 17.3 Å². The van der Waals surface area contributed by atoms with Gasteiger partial charge in [-0.25, -0.2) is 4.79 Å². The molecule has 18 heavy (non-hydrogen) atoms. The Kier molecular flexibility index (Phi) is 3.72. The van der Waals surface area contributed by atoms with E-state index >= 15 is 0 Å². The van der Waals surface area contributed by atoms with Crippen molar-refractivity contribution in [1.82, 2.24) is 5.32 Å². The van der Waals surface area contributed by atoms with E-state index < -0.39 is 0 Å². The van der Waals surface area contributed by atoms with E-state index in [2.05, 4.69) is 21.9 Å². The molecule has 98 valence electrons. The lowest BCUT2D eigenvalue weighted by molar-refractivity contribution is 0.0601. The monoisotopic (exact) mass is 249 g/mol. The van der Waals surface area contributed by atoms with Gasteiger partial charge in [-0.05, 0) is 25.1 Å². The van der Waals surface area contributed by atoms with Crippen LogP contribution in [0.5, 0.6) is 0 Å². The van der Waals surface area contributed by atoms with Crippen molar-refractivity contribution in [1.29, 1.82) is 0 Å². The van der Waals surface area contributed by atoms with Crippen LogP contribution in [0, 0.1) is 0 Å². The molecule has 0 unspecified atom stereocenters. The summed E-state index contributed by atoms with van der Waals surface area (Å²) in [5.74, 6) is -0.360. The molecule has 0 spiro atoms. The van der Waals surface area contributed by atoms with Crippen LogP contribution in [0.25, 0.3) is 0 Å². The van der Waals surface area contributed by atoms with E-state index in [1.165, 1.54) is 7.11 Å². The number of rotatable bonds is 2. The number of ether oxygens (including phenoxy) is 1. The molecule has 1 aliphatic heterocycles. The number of nitrogens with one attached hydrogen (secondary N) is 1. The molecule has 1 aliphatic rings. The van der Waals surface area contributed by atoms with Gasteiger partial charge in [0.15, 0.2) is 0 Å². The fourth-order valence-electron chi connectivity index (χ4n) is 2.26. The molecular formula is C13H19N3O2. The van der Waals surface area contributed by atoms with Crippen molar-refractivity contribution in [2.45, 2.75) is 13.0 Å². The number of nitrogens with two attached hydrogens (primary N) is 1. The summed E-state index contributed by atoms with van der Waals surface area (Å²) >= 11 is 0. The van der Waals surface area contributed by atoms with Crippen molar-refractivity contribution in [3.8, 4) is 0 Å². The van der Waals surface area contributed by atoms with Crippen LogP contribution in [0.4, 0.5) is 11.4 Å². The summed E-state index contributed by atoms with van der Waals surface area (Å²) in [4.78, 5) is 13.7. The molecule has 1 aromatic carbocycles. The fourth-order valence-corrected chi connectivity index (χ4v) is 2.26. The second kappa shape index (κ2) is 5.27. The van der Waals surface area contributed by atoms with Crippen LogP contribution in [-0.4, -0.2) is 38.8 Å². The smallest absolute Gasteiger partial charge is 0.337 e. The number of anilines is 2. The van der Waals surface area contributed by atoms with Gasteiger partial charge in [-0.1, -0.05) is 0 Å². The first kappa shape index (κ1) is 12.7. The van der Waals surface area contributed by atoms with Crippen molar-refractivity contribution in [2.75, 3.05) is 37.4 Å². The predicted molar refractivity (Wildman–Crippen MR) is 71.9 cm³/mol. The molecule has 0 aliphatic carbocycles. The van der Waals surface area contributed by atoms with Gasteiger partial charge in [0.2, 0.25) is 0 Å². The zero-order valence-electron chi connectivity index (χ0n) is 10.8. The van der Waals surface area contributed by atoms with Crippen molar-refractivity contribution >= 4 is 17.3 Å². The first-order valence-electron chi connectivity index (χ1n) is 6.08. The van der Waals surface area contributed by atoms with Crippen LogP contribution in [-0.2, 0) is 4.74 Å². The van der Waals surface area contributed by atoms with E-state index in [-0.39, 0.29) is 5.97 Å². The Morgan fingerprint density at radius 3 is 2.94 bits per heavy atom. The molecule has 0 saturated carbocycles. The van der Waals surface area contributed by atoms with Crippen molar-refractivity contribution in [3.05, 3.63) is 23.8 Å². The Morgan fingerprint density at radius 2 is 2.33 bits per heavy atom. The van der Waals surface area contributed by atoms with Crippen molar-refractivity contribution in [2.24, 2.45) is 0 Å². The van der Waals surface area contributed by atoms with E-state index in [4.69, 9.17) is 5.73 Å². The maximum atomic E-state index is 11.4. The summed E-state index contributed by atoms with van der Waals surface area (Å²) in [6.07, 6.45) is 0. The molecule has 2 rings (SSSR count). The predicted octanol–water partition coefficient (Wildman–Crippen LogP) is 0.854. The van der Waals surface area contributed by atoms with Crippen molar-refractivity contribution < 1.29 is 9.53 Å². The number of methoxy groups -OCH3 is 1. The number of nitrogens with zero attached hydrogens (tertiary/aromatic N) is 1.